The maximum Gasteiger partial charge on any atom is 0.350 e. The number of carbonyl (C=O) groups excluding carboxylic acids is 3. The van der Waals surface area contributed by atoms with Gasteiger partial charge < -0.3 is 19.3 Å². The van der Waals surface area contributed by atoms with Gasteiger partial charge in [-0.2, -0.15) is 0 Å². The van der Waals surface area contributed by atoms with Crippen molar-refractivity contribution < 1.29 is 38.1 Å². The first-order valence-corrected chi connectivity index (χ1v) is 14.5. The monoisotopic (exact) mass is 596 g/mol. The highest BCUT2D eigenvalue weighted by Gasteiger charge is 2.48. The Labute approximate surface area is 247 Å². The van der Waals surface area contributed by atoms with Gasteiger partial charge in [0, 0.05) is 5.56 Å². The maximum absolute atomic E-state index is 13.6. The lowest BCUT2D eigenvalue weighted by atomic mass is 9.95. The number of esters is 1. The number of halogens is 1. The van der Waals surface area contributed by atoms with Crippen LogP contribution >= 0.6 is 11.3 Å². The molecule has 2 aromatic carbocycles. The Kier molecular flexibility index (Phi) is 9.62. The van der Waals surface area contributed by atoms with Crippen molar-refractivity contribution in [3.8, 4) is 11.5 Å². The molecule has 1 unspecified atom stereocenters. The van der Waals surface area contributed by atoms with Gasteiger partial charge in [0.15, 0.2) is 16.6 Å². The zero-order valence-corrected chi connectivity index (χ0v) is 24.9. The summed E-state index contributed by atoms with van der Waals surface area (Å²) < 4.78 is 30.6. The third-order valence-electron chi connectivity index (χ3n) is 6.55. The molecule has 0 saturated carbocycles. The highest BCUT2D eigenvalue weighted by Crippen LogP contribution is 2.45. The summed E-state index contributed by atoms with van der Waals surface area (Å²) in [6, 6.07) is 8.82. The number of amides is 1. The second-order valence-corrected chi connectivity index (χ2v) is 11.0. The van der Waals surface area contributed by atoms with Crippen LogP contribution in [-0.2, 0) is 14.3 Å². The molecule has 1 fully saturated rings. The van der Waals surface area contributed by atoms with Crippen molar-refractivity contribution in [3.05, 3.63) is 75.6 Å². The van der Waals surface area contributed by atoms with Crippen LogP contribution in [0.15, 0.2) is 48.0 Å². The van der Waals surface area contributed by atoms with Gasteiger partial charge in [0.2, 0.25) is 0 Å². The molecule has 2 heterocycles. The van der Waals surface area contributed by atoms with Crippen LogP contribution in [0, 0.1) is 18.7 Å². The van der Waals surface area contributed by atoms with E-state index in [4.69, 9.17) is 14.2 Å². The first-order valence-electron chi connectivity index (χ1n) is 13.7. The lowest BCUT2D eigenvalue weighted by molar-refractivity contribution is -0.132. The number of benzene rings is 2. The number of aromatic nitrogens is 1. The van der Waals surface area contributed by atoms with E-state index in [9.17, 15) is 23.9 Å². The number of anilines is 1. The molecule has 4 rings (SSSR count). The highest BCUT2D eigenvalue weighted by atomic mass is 32.1. The molecule has 3 aromatic rings. The summed E-state index contributed by atoms with van der Waals surface area (Å²) in [6.07, 6.45) is 0.831. The third kappa shape index (κ3) is 6.30. The summed E-state index contributed by atoms with van der Waals surface area (Å²) in [4.78, 5) is 45.4. The first-order chi connectivity index (χ1) is 20.1. The number of Topliss-reactive ketones (excluding diaryl/α,β-unsaturated/α-hetero) is 1. The number of carbonyl (C=O) groups is 3. The van der Waals surface area contributed by atoms with Gasteiger partial charge in [0.05, 0.1) is 37.1 Å². The molecule has 1 atom stereocenters. The molecule has 0 spiro atoms. The maximum atomic E-state index is 13.6. The summed E-state index contributed by atoms with van der Waals surface area (Å²) in [5.74, 6) is -2.17. The van der Waals surface area contributed by atoms with Gasteiger partial charge in [-0.05, 0) is 75.1 Å². The molecular weight excluding hydrogens is 563 g/mol. The molecule has 1 N–H and O–H groups in total. The zero-order valence-electron chi connectivity index (χ0n) is 24.1. The highest BCUT2D eigenvalue weighted by molar-refractivity contribution is 7.17. The fraction of sp³-hybridized carbons (Fsp3) is 0.355. The van der Waals surface area contributed by atoms with E-state index < -0.39 is 35.3 Å². The van der Waals surface area contributed by atoms with Gasteiger partial charge in [0.25, 0.3) is 5.78 Å². The number of hydrogen-bond acceptors (Lipinski definition) is 9. The van der Waals surface area contributed by atoms with Crippen molar-refractivity contribution in [2.75, 3.05) is 24.7 Å². The number of ether oxygens (including phenoxy) is 3. The molecule has 1 saturated heterocycles. The molecule has 0 bridgehead atoms. The predicted molar refractivity (Wildman–Crippen MR) is 157 cm³/mol. The first kappa shape index (κ1) is 30.7. The van der Waals surface area contributed by atoms with E-state index in [1.165, 1.54) is 12.1 Å². The molecular formula is C31H33FN2O7S. The average Bonchev–Trinajstić information content (AvgIpc) is 3.46. The van der Waals surface area contributed by atoms with E-state index in [-0.39, 0.29) is 27.8 Å². The minimum atomic E-state index is -1.14. The molecule has 42 heavy (non-hydrogen) atoms. The largest absolute Gasteiger partial charge is 0.507 e. The summed E-state index contributed by atoms with van der Waals surface area (Å²) in [5.41, 5.74) is 0.702. The van der Waals surface area contributed by atoms with Crippen molar-refractivity contribution in [1.82, 2.24) is 4.98 Å². The van der Waals surface area contributed by atoms with E-state index in [1.54, 1.807) is 32.0 Å². The zero-order chi connectivity index (χ0) is 30.6. The fourth-order valence-electron chi connectivity index (χ4n) is 4.47. The number of nitrogens with zero attached hydrogens (tertiary/aromatic N) is 2. The van der Waals surface area contributed by atoms with E-state index in [0.29, 0.717) is 41.9 Å². The Morgan fingerprint density at radius 2 is 1.79 bits per heavy atom. The van der Waals surface area contributed by atoms with Crippen molar-refractivity contribution in [2.24, 2.45) is 5.92 Å². The Morgan fingerprint density at radius 3 is 2.43 bits per heavy atom. The predicted octanol–water partition coefficient (Wildman–Crippen LogP) is 6.22. The SMILES string of the molecule is CCOC(=O)c1sc(N2C(=O)C(=O)C(=C(O)c3ccc(F)cc3)C2c2ccc(OCCC(C)C)c(OCC)c2)nc1C. The quantitative estimate of drug-likeness (QED) is 0.120. The van der Waals surface area contributed by atoms with Crippen LogP contribution in [0.1, 0.15) is 66.7 Å². The molecule has 0 aliphatic carbocycles. The lowest BCUT2D eigenvalue weighted by Crippen LogP contribution is -2.29. The molecule has 0 radical (unpaired) electrons. The second kappa shape index (κ2) is 13.2. The van der Waals surface area contributed by atoms with Gasteiger partial charge in [-0.25, -0.2) is 14.2 Å². The van der Waals surface area contributed by atoms with E-state index >= 15 is 0 Å². The van der Waals surface area contributed by atoms with Crippen LogP contribution in [0.5, 0.6) is 11.5 Å². The molecule has 9 nitrogen and oxygen atoms in total. The Balaban J connectivity index is 1.89. The van der Waals surface area contributed by atoms with Crippen molar-refractivity contribution in [3.63, 3.8) is 0 Å². The second-order valence-electron chi connectivity index (χ2n) is 9.98. The third-order valence-corrected chi connectivity index (χ3v) is 7.69. The standard InChI is InChI=1S/C31H33FN2O7S/c1-6-39-23-16-20(10-13-22(23)41-15-14-17(3)4)25-24(26(35)19-8-11-21(32)12-9-19)27(36)29(37)34(25)31-33-18(5)28(42-31)30(38)40-7-2/h8-13,16-17,25,35H,6-7,14-15H2,1-5H3. The van der Waals surface area contributed by atoms with Crippen molar-refractivity contribution >= 4 is 39.9 Å². The topological polar surface area (TPSA) is 115 Å². The molecule has 1 aliphatic rings. The lowest BCUT2D eigenvalue weighted by Gasteiger charge is -2.24. The van der Waals surface area contributed by atoms with Gasteiger partial charge in [-0.3, -0.25) is 14.5 Å². The van der Waals surface area contributed by atoms with Crippen LogP contribution in [0.25, 0.3) is 5.76 Å². The summed E-state index contributed by atoms with van der Waals surface area (Å²) in [5, 5.41) is 11.4. The van der Waals surface area contributed by atoms with Gasteiger partial charge >= 0.3 is 11.9 Å². The number of ketones is 1. The fourth-order valence-corrected chi connectivity index (χ4v) is 5.45. The van der Waals surface area contributed by atoms with Gasteiger partial charge in [-0.1, -0.05) is 31.3 Å². The van der Waals surface area contributed by atoms with E-state index in [2.05, 4.69) is 18.8 Å². The summed E-state index contributed by atoms with van der Waals surface area (Å²) in [7, 11) is 0. The number of hydrogen-bond donors (Lipinski definition) is 1. The van der Waals surface area contributed by atoms with E-state index in [0.717, 1.165) is 34.8 Å². The van der Waals surface area contributed by atoms with Crippen LogP contribution < -0.4 is 14.4 Å². The molecule has 1 aromatic heterocycles. The average molecular weight is 597 g/mol. The smallest absolute Gasteiger partial charge is 0.350 e. The minimum absolute atomic E-state index is 0.0797. The Bertz CT molecular complexity index is 1510. The normalized spacial score (nSPS) is 16.3. The van der Waals surface area contributed by atoms with Crippen LogP contribution in [0.2, 0.25) is 0 Å². The summed E-state index contributed by atoms with van der Waals surface area (Å²) in [6.45, 7) is 10.2. The van der Waals surface area contributed by atoms with Gasteiger partial charge in [-0.15, -0.1) is 0 Å². The number of thiazole rings is 1. The van der Waals surface area contributed by atoms with Crippen molar-refractivity contribution in [2.45, 2.75) is 47.1 Å². The van der Waals surface area contributed by atoms with Crippen molar-refractivity contribution in [1.29, 1.82) is 0 Å². The molecule has 11 heteroatoms. The Hall–Kier alpha value is -4.25. The number of aliphatic hydroxyl groups excluding tert-OH is 1. The molecule has 222 valence electrons. The van der Waals surface area contributed by atoms with Crippen LogP contribution in [0.3, 0.4) is 0 Å². The van der Waals surface area contributed by atoms with Gasteiger partial charge in [0.1, 0.15) is 16.5 Å². The van der Waals surface area contributed by atoms with Crippen LogP contribution in [-0.4, -0.2) is 47.6 Å². The Morgan fingerprint density at radius 1 is 1.07 bits per heavy atom. The number of aliphatic hydroxyl groups is 1. The summed E-state index contributed by atoms with van der Waals surface area (Å²) >= 11 is 0.909. The molecule has 1 aliphatic heterocycles. The minimum Gasteiger partial charge on any atom is -0.507 e. The number of rotatable bonds is 11. The molecule has 1 amide bonds. The van der Waals surface area contributed by atoms with Crippen LogP contribution in [0.4, 0.5) is 9.52 Å². The van der Waals surface area contributed by atoms with E-state index in [1.807, 2.05) is 6.92 Å². The number of aryl methyl sites for hydroxylation is 1.